The molecule has 4 unspecified atom stereocenters. The molecule has 1 aromatic heterocycles. The zero-order valence-corrected chi connectivity index (χ0v) is 15.9. The van der Waals surface area contributed by atoms with E-state index in [9.17, 15) is 5.11 Å². The number of hydrogen-bond acceptors (Lipinski definition) is 4. The number of aliphatic imine (C=N–C) groups is 1. The summed E-state index contributed by atoms with van der Waals surface area (Å²) < 4.78 is 11.4. The third kappa shape index (κ3) is 3.42. The molecule has 0 aromatic carbocycles. The Kier molecular flexibility index (Phi) is 4.86. The van der Waals surface area contributed by atoms with Crippen LogP contribution >= 0.6 is 0 Å². The maximum absolute atomic E-state index is 10.7. The van der Waals surface area contributed by atoms with Crippen LogP contribution in [0, 0.1) is 18.3 Å². The molecule has 6 heteroatoms. The zero-order valence-electron chi connectivity index (χ0n) is 15.9. The van der Waals surface area contributed by atoms with Gasteiger partial charge in [-0.2, -0.15) is 0 Å². The second-order valence-corrected chi connectivity index (χ2v) is 8.07. The number of nitrogens with one attached hydrogen (secondary N) is 2. The summed E-state index contributed by atoms with van der Waals surface area (Å²) in [5, 5.41) is 17.5. The first-order valence-electron chi connectivity index (χ1n) is 9.21. The van der Waals surface area contributed by atoms with Gasteiger partial charge in [-0.05, 0) is 39.3 Å². The Morgan fingerprint density at radius 1 is 1.44 bits per heavy atom. The molecule has 4 atom stereocenters. The molecule has 6 nitrogen and oxygen atoms in total. The summed E-state index contributed by atoms with van der Waals surface area (Å²) in [7, 11) is 0. The molecule has 0 radical (unpaired) electrons. The Morgan fingerprint density at radius 3 is 2.84 bits per heavy atom. The lowest BCUT2D eigenvalue weighted by atomic mass is 9.57. The molecule has 0 spiro atoms. The highest BCUT2D eigenvalue weighted by molar-refractivity contribution is 5.80. The fourth-order valence-corrected chi connectivity index (χ4v) is 4.12. The minimum Gasteiger partial charge on any atom is -0.463 e. The van der Waals surface area contributed by atoms with Crippen molar-refractivity contribution >= 4 is 5.96 Å². The first-order chi connectivity index (χ1) is 11.8. The highest BCUT2D eigenvalue weighted by Crippen LogP contribution is 2.52. The Morgan fingerprint density at radius 2 is 2.20 bits per heavy atom. The summed E-state index contributed by atoms with van der Waals surface area (Å²) in [5.41, 5.74) is -1.05. The average molecular weight is 349 g/mol. The predicted octanol–water partition coefficient (Wildman–Crippen LogP) is 2.16. The number of nitrogens with zero attached hydrogens (tertiary/aromatic N) is 1. The molecule has 3 rings (SSSR count). The lowest BCUT2D eigenvalue weighted by Crippen LogP contribution is -2.68. The number of furan rings is 1. The maximum Gasteiger partial charge on any atom is 0.191 e. The van der Waals surface area contributed by atoms with E-state index in [-0.39, 0.29) is 12.0 Å². The van der Waals surface area contributed by atoms with Crippen molar-refractivity contribution in [1.82, 2.24) is 10.6 Å². The van der Waals surface area contributed by atoms with Crippen LogP contribution in [-0.4, -0.2) is 42.9 Å². The van der Waals surface area contributed by atoms with E-state index in [1.54, 1.807) is 13.0 Å². The molecule has 1 aliphatic carbocycles. The average Bonchev–Trinajstić information content (AvgIpc) is 3.18. The van der Waals surface area contributed by atoms with E-state index in [4.69, 9.17) is 9.15 Å². The number of fused-ring (bicyclic) bond motifs is 1. The van der Waals surface area contributed by atoms with Gasteiger partial charge in [-0.25, -0.2) is 4.99 Å². The number of ether oxygens (including phenoxy) is 1. The summed E-state index contributed by atoms with van der Waals surface area (Å²) in [6.45, 7) is 12.0. The van der Waals surface area contributed by atoms with Gasteiger partial charge in [0.25, 0.3) is 0 Å². The van der Waals surface area contributed by atoms with Gasteiger partial charge in [0.2, 0.25) is 0 Å². The number of aliphatic hydroxyl groups is 1. The van der Waals surface area contributed by atoms with Crippen molar-refractivity contribution in [3.8, 4) is 0 Å². The van der Waals surface area contributed by atoms with Crippen molar-refractivity contribution < 1.29 is 14.3 Å². The first-order valence-corrected chi connectivity index (χ1v) is 9.21. The van der Waals surface area contributed by atoms with Gasteiger partial charge in [-0.15, -0.1) is 0 Å². The minimum absolute atomic E-state index is 0.0813. The Hall–Kier alpha value is -1.53. The molecule has 1 aromatic rings. The predicted molar refractivity (Wildman–Crippen MR) is 97.5 cm³/mol. The van der Waals surface area contributed by atoms with E-state index in [1.165, 1.54) is 0 Å². The quantitative estimate of drug-likeness (QED) is 0.561. The van der Waals surface area contributed by atoms with Gasteiger partial charge in [-0.1, -0.05) is 13.8 Å². The molecular formula is C19H31N3O3. The Labute approximate surface area is 150 Å². The van der Waals surface area contributed by atoms with E-state index >= 15 is 0 Å². The molecule has 1 aliphatic heterocycles. The molecule has 0 amide bonds. The number of hydrogen-bond donors (Lipinski definition) is 3. The highest BCUT2D eigenvalue weighted by Gasteiger charge is 2.59. The SMILES string of the molecule is CCNC(=NCC(C)(O)c1ccc(C)o1)NC1C2CCOC2C1(C)C. The van der Waals surface area contributed by atoms with Crippen LogP contribution in [0.4, 0.5) is 0 Å². The van der Waals surface area contributed by atoms with Crippen molar-refractivity contribution in [2.45, 2.75) is 58.8 Å². The van der Waals surface area contributed by atoms with E-state index in [0.717, 1.165) is 31.3 Å². The molecule has 0 bridgehead atoms. The van der Waals surface area contributed by atoms with Gasteiger partial charge >= 0.3 is 0 Å². The fourth-order valence-electron chi connectivity index (χ4n) is 4.12. The Balaban J connectivity index is 1.69. The third-order valence-electron chi connectivity index (χ3n) is 5.55. The number of rotatable bonds is 5. The van der Waals surface area contributed by atoms with Crippen LogP contribution in [0.2, 0.25) is 0 Å². The smallest absolute Gasteiger partial charge is 0.191 e. The summed E-state index contributed by atoms with van der Waals surface area (Å²) in [6.07, 6.45) is 1.43. The van der Waals surface area contributed by atoms with Crippen molar-refractivity contribution in [3.63, 3.8) is 0 Å². The summed E-state index contributed by atoms with van der Waals surface area (Å²) >= 11 is 0. The minimum atomic E-state index is -1.13. The van der Waals surface area contributed by atoms with Crippen molar-refractivity contribution in [2.24, 2.45) is 16.3 Å². The first kappa shape index (κ1) is 18.3. The van der Waals surface area contributed by atoms with Crippen LogP contribution in [0.5, 0.6) is 0 Å². The lowest BCUT2D eigenvalue weighted by molar-refractivity contribution is -0.106. The maximum atomic E-state index is 10.7. The molecule has 3 N–H and O–H groups in total. The standard InChI is InChI=1S/C19H31N3O3/c1-6-20-17(21-11-19(5,23)14-8-7-12(2)25-14)22-15-13-9-10-24-16(13)18(15,3)4/h7-8,13,15-16,23H,6,9-11H2,1-5H3,(H2,20,21,22). The molecular weight excluding hydrogens is 318 g/mol. The topological polar surface area (TPSA) is 79.0 Å². The van der Waals surface area contributed by atoms with Gasteiger partial charge < -0.3 is 24.9 Å². The molecule has 1 saturated carbocycles. The van der Waals surface area contributed by atoms with Crippen molar-refractivity contribution in [3.05, 3.63) is 23.7 Å². The number of aryl methyl sites for hydroxylation is 1. The van der Waals surface area contributed by atoms with E-state index in [1.807, 2.05) is 19.9 Å². The number of guanidine groups is 1. The van der Waals surface area contributed by atoms with Gasteiger partial charge in [0.15, 0.2) is 5.96 Å². The summed E-state index contributed by atoms with van der Waals surface area (Å²) in [5.74, 6) is 2.59. The second kappa shape index (κ2) is 6.65. The fraction of sp³-hybridized carbons (Fsp3) is 0.737. The lowest BCUT2D eigenvalue weighted by Gasteiger charge is -2.55. The van der Waals surface area contributed by atoms with Crippen molar-refractivity contribution in [1.29, 1.82) is 0 Å². The molecule has 2 aliphatic rings. The van der Waals surface area contributed by atoms with E-state index < -0.39 is 5.60 Å². The van der Waals surface area contributed by atoms with Crippen molar-refractivity contribution in [2.75, 3.05) is 19.7 Å². The molecule has 2 heterocycles. The van der Waals surface area contributed by atoms with Crippen LogP contribution in [0.15, 0.2) is 21.5 Å². The highest BCUT2D eigenvalue weighted by atomic mass is 16.5. The van der Waals surface area contributed by atoms with E-state index in [2.05, 4.69) is 29.5 Å². The van der Waals surface area contributed by atoms with Crippen LogP contribution < -0.4 is 10.6 Å². The van der Waals surface area contributed by atoms with Gasteiger partial charge in [0.1, 0.15) is 17.1 Å². The van der Waals surface area contributed by atoms with Crippen LogP contribution in [0.3, 0.4) is 0 Å². The summed E-state index contributed by atoms with van der Waals surface area (Å²) in [4.78, 5) is 4.62. The largest absolute Gasteiger partial charge is 0.463 e. The van der Waals surface area contributed by atoms with Crippen LogP contribution in [-0.2, 0) is 10.3 Å². The van der Waals surface area contributed by atoms with Gasteiger partial charge in [0.05, 0.1) is 12.6 Å². The normalized spacial score (nSPS) is 30.3. The second-order valence-electron chi connectivity index (χ2n) is 8.07. The molecule has 140 valence electrons. The summed E-state index contributed by atoms with van der Waals surface area (Å²) in [6, 6.07) is 3.99. The van der Waals surface area contributed by atoms with E-state index in [0.29, 0.717) is 23.8 Å². The Bertz CT molecular complexity index is 636. The zero-order chi connectivity index (χ0) is 18.2. The van der Waals surface area contributed by atoms with Crippen LogP contribution in [0.1, 0.15) is 45.6 Å². The molecule has 1 saturated heterocycles. The van der Waals surface area contributed by atoms with Gasteiger partial charge in [-0.3, -0.25) is 0 Å². The van der Waals surface area contributed by atoms with Crippen LogP contribution in [0.25, 0.3) is 0 Å². The molecule has 2 fully saturated rings. The monoisotopic (exact) mass is 349 g/mol. The van der Waals surface area contributed by atoms with Gasteiger partial charge in [0, 0.05) is 30.5 Å². The third-order valence-corrected chi connectivity index (χ3v) is 5.55. The molecule has 25 heavy (non-hydrogen) atoms.